The molecule has 10 heteroatoms. The number of phosphoric ester groups is 1. The Morgan fingerprint density at radius 3 is 1.26 bits per heavy atom. The summed E-state index contributed by atoms with van der Waals surface area (Å²) in [4.78, 5) is 37.7. The van der Waals surface area contributed by atoms with Gasteiger partial charge in [-0.25, -0.2) is 4.57 Å². The molecule has 0 saturated heterocycles. The van der Waals surface area contributed by atoms with Gasteiger partial charge >= 0.3 is 13.8 Å². The molecule has 0 aromatic heterocycles. The van der Waals surface area contributed by atoms with Crippen LogP contribution in [0.1, 0.15) is 297 Å². The van der Waals surface area contributed by atoms with Crippen molar-refractivity contribution in [1.82, 2.24) is 5.32 Å². The molecule has 3 unspecified atom stereocenters. The summed E-state index contributed by atoms with van der Waals surface area (Å²) in [5.41, 5.74) is 0. The van der Waals surface area contributed by atoms with Crippen molar-refractivity contribution in [2.75, 3.05) is 40.9 Å². The second kappa shape index (κ2) is 54.3. The summed E-state index contributed by atoms with van der Waals surface area (Å²) in [5.74, 6) is -0.503. The number of nitrogens with zero attached hydrogens (tertiary/aromatic N) is 1. The maximum Gasteiger partial charge on any atom is 0.472 e. The van der Waals surface area contributed by atoms with Crippen LogP contribution in [0.4, 0.5) is 0 Å². The molecule has 3 atom stereocenters. The van der Waals surface area contributed by atoms with Crippen LogP contribution < -0.4 is 5.32 Å². The SMILES string of the molecule is CCCCC/C=C\C/C=C\C/C=C\CCCCCCCCCCC(=O)NC(COP(=O)(O)OCC[N+](C)(C)C)C(/C=C\CCCCCCCCCCCC)OC(=O)CCCCCCCCCCCCCCCCC. The highest BCUT2D eigenvalue weighted by Crippen LogP contribution is 2.43. The maximum atomic E-state index is 13.5. The average Bonchev–Trinajstić information content (AvgIpc) is 3.36. The van der Waals surface area contributed by atoms with E-state index in [9.17, 15) is 19.0 Å². The number of amides is 1. The van der Waals surface area contributed by atoms with Gasteiger partial charge in [0.05, 0.1) is 33.8 Å². The van der Waals surface area contributed by atoms with Gasteiger partial charge < -0.3 is 19.4 Å². The van der Waals surface area contributed by atoms with Crippen LogP contribution in [-0.2, 0) is 27.9 Å². The Morgan fingerprint density at radius 1 is 0.473 bits per heavy atom. The number of ether oxygens (including phenoxy) is 1. The highest BCUT2D eigenvalue weighted by molar-refractivity contribution is 7.47. The number of rotatable bonds is 57. The zero-order valence-corrected chi connectivity index (χ0v) is 50.5. The Kier molecular flexibility index (Phi) is 52.8. The molecule has 0 aromatic carbocycles. The van der Waals surface area contributed by atoms with Crippen LogP contribution in [0.15, 0.2) is 48.6 Å². The molecule has 0 radical (unpaired) electrons. The van der Waals surface area contributed by atoms with Gasteiger partial charge in [-0.15, -0.1) is 0 Å². The Bertz CT molecular complexity index is 1410. The Morgan fingerprint density at radius 2 is 0.824 bits per heavy atom. The largest absolute Gasteiger partial charge is 0.472 e. The van der Waals surface area contributed by atoms with Crippen molar-refractivity contribution in [2.24, 2.45) is 0 Å². The van der Waals surface area contributed by atoms with Gasteiger partial charge in [0.15, 0.2) is 0 Å². The standard InChI is InChI=1S/C64H121N2O7P/c1-7-10-13-16-19-22-25-28-30-31-32-33-34-35-37-38-41-44-47-50-53-56-63(67)65-61(60-72-74(69,70)71-59-58-66(4,5)6)62(55-52-49-46-43-40-27-24-21-18-15-12-9-3)73-64(68)57-54-51-48-45-42-39-36-29-26-23-20-17-14-11-8-2/h19,22,28,30,32-33,52,55,61-62H,7-18,20-21,23-27,29,31,34-51,53-54,56-60H2,1-6H3,(H-,65,67,69,70)/p+1/b22-19-,30-28-,33-32-,55-52-. The first-order valence-electron chi connectivity index (χ1n) is 31.5. The van der Waals surface area contributed by atoms with E-state index in [2.05, 4.69) is 62.5 Å². The van der Waals surface area contributed by atoms with E-state index in [0.717, 1.165) is 83.5 Å². The molecule has 0 aromatic rings. The fraction of sp³-hybridized carbons (Fsp3) is 0.844. The third-order valence-electron chi connectivity index (χ3n) is 14.0. The third-order valence-corrected chi connectivity index (χ3v) is 15.0. The molecule has 1 amide bonds. The number of unbranched alkanes of at least 4 members (excludes halogenated alkanes) is 35. The third kappa shape index (κ3) is 54.7. The second-order valence-electron chi connectivity index (χ2n) is 22.6. The summed E-state index contributed by atoms with van der Waals surface area (Å²) in [5, 5.41) is 3.06. The van der Waals surface area contributed by atoms with Gasteiger partial charge in [-0.2, -0.15) is 0 Å². The number of hydrogen-bond donors (Lipinski definition) is 2. The number of nitrogens with one attached hydrogen (secondary N) is 1. The Hall–Kier alpha value is -2.03. The van der Waals surface area contributed by atoms with Crippen molar-refractivity contribution in [3.8, 4) is 0 Å². The van der Waals surface area contributed by atoms with Gasteiger partial charge in [-0.1, -0.05) is 262 Å². The zero-order chi connectivity index (χ0) is 54.3. The molecule has 0 aliphatic heterocycles. The highest BCUT2D eigenvalue weighted by atomic mass is 31.2. The van der Waals surface area contributed by atoms with E-state index in [1.54, 1.807) is 0 Å². The molecule has 0 rings (SSSR count). The topological polar surface area (TPSA) is 111 Å². The number of hydrogen-bond acceptors (Lipinski definition) is 6. The predicted octanol–water partition coefficient (Wildman–Crippen LogP) is 19.3. The molecule has 74 heavy (non-hydrogen) atoms. The molecule has 434 valence electrons. The van der Waals surface area contributed by atoms with Crippen molar-refractivity contribution < 1.29 is 37.3 Å². The monoisotopic (exact) mass is 1060 g/mol. The minimum Gasteiger partial charge on any atom is -0.456 e. The molecule has 0 bridgehead atoms. The first-order valence-corrected chi connectivity index (χ1v) is 33.0. The highest BCUT2D eigenvalue weighted by Gasteiger charge is 2.30. The lowest BCUT2D eigenvalue weighted by Gasteiger charge is -2.27. The van der Waals surface area contributed by atoms with E-state index in [4.69, 9.17) is 13.8 Å². The van der Waals surface area contributed by atoms with Crippen molar-refractivity contribution in [3.63, 3.8) is 0 Å². The second-order valence-corrected chi connectivity index (χ2v) is 24.0. The summed E-state index contributed by atoms with van der Waals surface area (Å²) < 4.78 is 30.7. The number of allylic oxidation sites excluding steroid dienone is 7. The van der Waals surface area contributed by atoms with Crippen LogP contribution in [0, 0.1) is 0 Å². The van der Waals surface area contributed by atoms with Gasteiger partial charge in [0.1, 0.15) is 19.3 Å². The molecule has 0 saturated carbocycles. The van der Waals surface area contributed by atoms with Gasteiger partial charge in [-0.3, -0.25) is 18.6 Å². The van der Waals surface area contributed by atoms with Crippen molar-refractivity contribution in [2.45, 2.75) is 309 Å². The average molecular weight is 1060 g/mol. The normalized spacial score (nSPS) is 14.0. The van der Waals surface area contributed by atoms with Crippen LogP contribution in [0.25, 0.3) is 0 Å². The first-order chi connectivity index (χ1) is 35.9. The zero-order valence-electron chi connectivity index (χ0n) is 49.6. The Balaban J connectivity index is 5.22. The van der Waals surface area contributed by atoms with Gasteiger partial charge in [0.2, 0.25) is 5.91 Å². The van der Waals surface area contributed by atoms with E-state index in [0.29, 0.717) is 23.9 Å². The van der Waals surface area contributed by atoms with E-state index >= 15 is 0 Å². The van der Waals surface area contributed by atoms with Crippen molar-refractivity contribution >= 4 is 19.7 Å². The Labute approximate surface area is 458 Å². The molecule has 0 heterocycles. The van der Waals surface area contributed by atoms with Crippen LogP contribution in [-0.4, -0.2) is 74.3 Å². The number of likely N-dealkylation sites (N-methyl/N-ethyl adjacent to an activating group) is 1. The van der Waals surface area contributed by atoms with E-state index in [1.165, 1.54) is 180 Å². The fourth-order valence-electron chi connectivity index (χ4n) is 9.12. The minimum atomic E-state index is -4.45. The molecule has 0 aliphatic rings. The van der Waals surface area contributed by atoms with Crippen LogP contribution in [0.2, 0.25) is 0 Å². The molecule has 2 N–H and O–H groups in total. The fourth-order valence-corrected chi connectivity index (χ4v) is 9.86. The number of phosphoric acid groups is 1. The number of esters is 1. The first kappa shape index (κ1) is 72.0. The van der Waals surface area contributed by atoms with Crippen LogP contribution in [0.5, 0.6) is 0 Å². The van der Waals surface area contributed by atoms with Gasteiger partial charge in [-0.05, 0) is 70.3 Å². The van der Waals surface area contributed by atoms with Gasteiger partial charge in [0, 0.05) is 12.8 Å². The van der Waals surface area contributed by atoms with E-state index < -0.39 is 20.0 Å². The number of quaternary nitrogens is 1. The molecular weight excluding hydrogens is 940 g/mol. The summed E-state index contributed by atoms with van der Waals surface area (Å²) in [6, 6.07) is -0.849. The van der Waals surface area contributed by atoms with Crippen molar-refractivity contribution in [3.05, 3.63) is 48.6 Å². The summed E-state index contributed by atoms with van der Waals surface area (Å²) in [6.07, 6.45) is 66.7. The lowest BCUT2D eigenvalue weighted by atomic mass is 10.0. The molecule has 9 nitrogen and oxygen atoms in total. The van der Waals surface area contributed by atoms with Crippen LogP contribution >= 0.6 is 7.82 Å². The van der Waals surface area contributed by atoms with E-state index in [1.807, 2.05) is 33.3 Å². The molecule has 0 spiro atoms. The van der Waals surface area contributed by atoms with Crippen molar-refractivity contribution in [1.29, 1.82) is 0 Å². The molecular formula is C64H122N2O7P+. The summed E-state index contributed by atoms with van der Waals surface area (Å²) in [6.45, 7) is 7.01. The quantitative estimate of drug-likeness (QED) is 0.0205. The summed E-state index contributed by atoms with van der Waals surface area (Å²) in [7, 11) is 1.50. The smallest absolute Gasteiger partial charge is 0.456 e. The lowest BCUT2D eigenvalue weighted by Crippen LogP contribution is -2.47. The lowest BCUT2D eigenvalue weighted by molar-refractivity contribution is -0.870. The van der Waals surface area contributed by atoms with E-state index in [-0.39, 0.29) is 25.1 Å². The summed E-state index contributed by atoms with van der Waals surface area (Å²) >= 11 is 0. The number of carbonyl (C=O) groups excluding carboxylic acids is 2. The minimum absolute atomic E-state index is 0.0397. The molecule has 0 fully saturated rings. The number of carbonyl (C=O) groups is 2. The maximum absolute atomic E-state index is 13.5. The van der Waals surface area contributed by atoms with Gasteiger partial charge in [0.25, 0.3) is 0 Å². The van der Waals surface area contributed by atoms with Crippen LogP contribution in [0.3, 0.4) is 0 Å². The predicted molar refractivity (Wildman–Crippen MR) is 319 cm³/mol. The molecule has 0 aliphatic carbocycles.